The van der Waals surface area contributed by atoms with E-state index in [1.165, 1.54) is 45.6 Å². The molecule has 0 unspecified atom stereocenters. The number of nitrogens with one attached hydrogen (secondary N) is 2. The van der Waals surface area contributed by atoms with Crippen molar-refractivity contribution in [2.45, 2.75) is 89.9 Å². The van der Waals surface area contributed by atoms with Gasteiger partial charge in [0.15, 0.2) is 5.82 Å². The van der Waals surface area contributed by atoms with Gasteiger partial charge in [-0.25, -0.2) is 4.98 Å². The Kier molecular flexibility index (Phi) is 9.46. The van der Waals surface area contributed by atoms with Crippen molar-refractivity contribution in [1.29, 1.82) is 0 Å². The van der Waals surface area contributed by atoms with Crippen LogP contribution in [0.4, 0.5) is 23.1 Å². The SMILES string of the molecule is CC[C@H]1C(=O)N(C)c2cnc(Nc3ccc(C(=O)N[C@H]4CC[C@H](N5CCN(CC6CC6)CC5)CC4)cc3OC)nc2N1C(C)C. The summed E-state index contributed by atoms with van der Waals surface area (Å²) in [6.45, 7) is 12.2. The number of amides is 2. The zero-order valence-electron chi connectivity index (χ0n) is 27.6. The molecular formula is C34H50N8O3. The fourth-order valence-corrected chi connectivity index (χ4v) is 7.32. The Bertz CT molecular complexity index is 1370. The molecule has 45 heavy (non-hydrogen) atoms. The second-order valence-electron chi connectivity index (χ2n) is 13.5. The van der Waals surface area contributed by atoms with E-state index in [1.807, 2.05) is 19.1 Å². The maximum absolute atomic E-state index is 13.3. The summed E-state index contributed by atoms with van der Waals surface area (Å²) in [5.41, 5.74) is 1.91. The molecule has 1 saturated heterocycles. The van der Waals surface area contributed by atoms with Crippen LogP contribution in [0.15, 0.2) is 24.4 Å². The molecule has 11 heteroatoms. The average molecular weight is 619 g/mol. The smallest absolute Gasteiger partial charge is 0.251 e. The lowest BCUT2D eigenvalue weighted by molar-refractivity contribution is -0.120. The highest BCUT2D eigenvalue weighted by atomic mass is 16.5. The Morgan fingerprint density at radius 2 is 1.80 bits per heavy atom. The van der Waals surface area contributed by atoms with E-state index < -0.39 is 0 Å². The Morgan fingerprint density at radius 1 is 1.07 bits per heavy atom. The molecule has 3 heterocycles. The minimum Gasteiger partial charge on any atom is -0.495 e. The number of carbonyl (C=O) groups excluding carboxylic acids is 2. The number of aromatic nitrogens is 2. The van der Waals surface area contributed by atoms with Crippen LogP contribution in [0.3, 0.4) is 0 Å². The van der Waals surface area contributed by atoms with Crippen molar-refractivity contribution < 1.29 is 14.3 Å². The molecule has 0 bridgehead atoms. The molecule has 2 amide bonds. The third-order valence-electron chi connectivity index (χ3n) is 10.1. The predicted octanol–water partition coefficient (Wildman–Crippen LogP) is 4.27. The molecule has 3 fully saturated rings. The Labute approximate surface area is 267 Å². The highest BCUT2D eigenvalue weighted by molar-refractivity contribution is 6.04. The standard InChI is InChI=1S/C34H50N8O3/c1-6-28-33(44)39(4)29-20-35-34(38-31(29)42(28)22(2)3)37-27-14-9-24(19-30(27)45-5)32(43)36-25-10-12-26(13-11-25)41-17-15-40(16-18-41)21-23-7-8-23/h9,14,19-20,22-23,25-26,28H,6-8,10-13,15-18,21H2,1-5H3,(H,36,43)(H,35,37,38)/t25-,26-,28-/m0/s1. The summed E-state index contributed by atoms with van der Waals surface area (Å²) < 4.78 is 5.68. The zero-order valence-corrected chi connectivity index (χ0v) is 27.6. The number of piperazine rings is 1. The van der Waals surface area contributed by atoms with E-state index in [1.54, 1.807) is 31.3 Å². The van der Waals surface area contributed by atoms with E-state index in [4.69, 9.17) is 9.72 Å². The van der Waals surface area contributed by atoms with Crippen molar-refractivity contribution in [2.24, 2.45) is 5.92 Å². The fraction of sp³-hybridized carbons (Fsp3) is 0.647. The van der Waals surface area contributed by atoms with E-state index >= 15 is 0 Å². The molecule has 1 aromatic carbocycles. The van der Waals surface area contributed by atoms with Gasteiger partial charge in [0.1, 0.15) is 17.5 Å². The molecule has 0 radical (unpaired) electrons. The Balaban J connectivity index is 1.06. The third-order valence-corrected chi connectivity index (χ3v) is 10.1. The Hall–Kier alpha value is -3.44. The van der Waals surface area contributed by atoms with Crippen molar-refractivity contribution in [3.05, 3.63) is 30.0 Å². The highest BCUT2D eigenvalue weighted by Crippen LogP contribution is 2.37. The largest absolute Gasteiger partial charge is 0.495 e. The minimum atomic E-state index is -0.278. The first-order chi connectivity index (χ1) is 21.7. The van der Waals surface area contributed by atoms with E-state index in [0.717, 1.165) is 37.4 Å². The topological polar surface area (TPSA) is 106 Å². The number of ether oxygens (including phenoxy) is 1. The summed E-state index contributed by atoms with van der Waals surface area (Å²) >= 11 is 0. The van der Waals surface area contributed by atoms with Gasteiger partial charge in [-0.15, -0.1) is 0 Å². The number of nitrogens with zero attached hydrogens (tertiary/aromatic N) is 6. The van der Waals surface area contributed by atoms with E-state index in [-0.39, 0.29) is 29.9 Å². The normalized spacial score (nSPS) is 24.5. The van der Waals surface area contributed by atoms with Crippen LogP contribution < -0.4 is 25.2 Å². The molecule has 244 valence electrons. The number of likely N-dealkylation sites (N-methyl/N-ethyl adjacent to an activating group) is 1. The van der Waals surface area contributed by atoms with Crippen LogP contribution in [0.25, 0.3) is 0 Å². The lowest BCUT2D eigenvalue weighted by Crippen LogP contribution is -2.54. The van der Waals surface area contributed by atoms with Gasteiger partial charge in [0.05, 0.1) is 19.0 Å². The van der Waals surface area contributed by atoms with Gasteiger partial charge in [-0.05, 0) is 82.9 Å². The van der Waals surface area contributed by atoms with Crippen molar-refractivity contribution >= 4 is 35.0 Å². The number of rotatable bonds is 10. The van der Waals surface area contributed by atoms with Crippen molar-refractivity contribution in [3.8, 4) is 5.75 Å². The van der Waals surface area contributed by atoms with Gasteiger partial charge in [-0.3, -0.25) is 14.5 Å². The molecule has 11 nitrogen and oxygen atoms in total. The van der Waals surface area contributed by atoms with E-state index in [9.17, 15) is 9.59 Å². The molecule has 6 rings (SSSR count). The number of fused-ring (bicyclic) bond motifs is 1. The van der Waals surface area contributed by atoms with Gasteiger partial charge in [0.2, 0.25) is 11.9 Å². The maximum Gasteiger partial charge on any atom is 0.251 e. The summed E-state index contributed by atoms with van der Waals surface area (Å²) in [6.07, 6.45) is 9.51. The Morgan fingerprint density at radius 3 is 2.44 bits per heavy atom. The van der Waals surface area contributed by atoms with Crippen LogP contribution in [0, 0.1) is 5.92 Å². The zero-order chi connectivity index (χ0) is 31.7. The van der Waals surface area contributed by atoms with Crippen molar-refractivity contribution in [2.75, 3.05) is 62.0 Å². The van der Waals surface area contributed by atoms with Crippen LogP contribution in [-0.2, 0) is 4.79 Å². The molecule has 2 saturated carbocycles. The minimum absolute atomic E-state index is 0.0454. The summed E-state index contributed by atoms with van der Waals surface area (Å²) in [5.74, 6) is 2.59. The van der Waals surface area contributed by atoms with Gasteiger partial charge in [-0.1, -0.05) is 6.92 Å². The van der Waals surface area contributed by atoms with E-state index in [2.05, 4.69) is 44.2 Å². The quantitative estimate of drug-likeness (QED) is 0.404. The van der Waals surface area contributed by atoms with Crippen molar-refractivity contribution in [1.82, 2.24) is 25.1 Å². The molecule has 1 aromatic heterocycles. The number of methoxy groups -OCH3 is 1. The summed E-state index contributed by atoms with van der Waals surface area (Å²) in [6, 6.07) is 6.05. The summed E-state index contributed by atoms with van der Waals surface area (Å²) in [4.78, 5) is 44.6. The molecule has 2 aliphatic heterocycles. The molecule has 0 spiro atoms. The summed E-state index contributed by atoms with van der Waals surface area (Å²) in [5, 5.41) is 6.55. The first kappa shape index (κ1) is 31.5. The highest BCUT2D eigenvalue weighted by Gasteiger charge is 2.38. The monoisotopic (exact) mass is 618 g/mol. The molecule has 1 atom stereocenters. The molecule has 2 aromatic rings. The van der Waals surface area contributed by atoms with Crippen LogP contribution in [0.1, 0.15) is 76.1 Å². The fourth-order valence-electron chi connectivity index (χ4n) is 7.32. The van der Waals surface area contributed by atoms with Gasteiger partial charge in [-0.2, -0.15) is 4.98 Å². The lowest BCUT2D eigenvalue weighted by Gasteiger charge is -2.42. The van der Waals surface area contributed by atoms with Crippen LogP contribution in [-0.4, -0.2) is 103 Å². The lowest BCUT2D eigenvalue weighted by atomic mass is 9.89. The number of benzene rings is 1. The van der Waals surface area contributed by atoms with Crippen LogP contribution >= 0.6 is 0 Å². The number of hydrogen-bond acceptors (Lipinski definition) is 9. The second-order valence-corrected chi connectivity index (χ2v) is 13.5. The number of anilines is 4. The van der Waals surface area contributed by atoms with Gasteiger partial charge in [0.25, 0.3) is 5.91 Å². The molecule has 2 N–H and O–H groups in total. The number of hydrogen-bond donors (Lipinski definition) is 2. The first-order valence-electron chi connectivity index (χ1n) is 16.9. The number of carbonyl (C=O) groups is 2. The third kappa shape index (κ3) is 6.89. The molecular weight excluding hydrogens is 568 g/mol. The van der Waals surface area contributed by atoms with Crippen LogP contribution in [0.2, 0.25) is 0 Å². The van der Waals surface area contributed by atoms with Gasteiger partial charge in [0, 0.05) is 63.5 Å². The van der Waals surface area contributed by atoms with Gasteiger partial charge >= 0.3 is 0 Å². The predicted molar refractivity (Wildman–Crippen MR) is 178 cm³/mol. The van der Waals surface area contributed by atoms with E-state index in [0.29, 0.717) is 41.1 Å². The van der Waals surface area contributed by atoms with Crippen molar-refractivity contribution in [3.63, 3.8) is 0 Å². The second kappa shape index (κ2) is 13.5. The molecule has 2 aliphatic carbocycles. The van der Waals surface area contributed by atoms with Crippen LogP contribution in [0.5, 0.6) is 5.75 Å². The molecule has 4 aliphatic rings. The summed E-state index contributed by atoms with van der Waals surface area (Å²) in [7, 11) is 3.36. The van der Waals surface area contributed by atoms with Gasteiger partial charge < -0.3 is 30.1 Å². The first-order valence-corrected chi connectivity index (χ1v) is 16.9. The average Bonchev–Trinajstić information content (AvgIpc) is 3.87. The maximum atomic E-state index is 13.3.